The number of nitrogens with two attached hydrogens (primary N) is 1. The van der Waals surface area contributed by atoms with Gasteiger partial charge in [-0.15, -0.1) is 0 Å². The smallest absolute Gasteiger partial charge is 0.244 e. The van der Waals surface area contributed by atoms with Crippen molar-refractivity contribution in [2.75, 3.05) is 33.2 Å². The number of nitrogens with zero attached hydrogens (tertiary/aromatic N) is 3. The van der Waals surface area contributed by atoms with E-state index in [9.17, 15) is 8.42 Å². The molecule has 0 unspecified atom stereocenters. The van der Waals surface area contributed by atoms with Crippen LogP contribution >= 0.6 is 0 Å². The summed E-state index contributed by atoms with van der Waals surface area (Å²) in [6.07, 6.45) is 3.97. The van der Waals surface area contributed by atoms with Crippen molar-refractivity contribution in [1.82, 2.24) is 14.2 Å². The Bertz CT molecular complexity index is 541. The van der Waals surface area contributed by atoms with Crippen LogP contribution in [0, 0.1) is 0 Å². The molecule has 112 valence electrons. The number of likely N-dealkylation sites (tertiary alicyclic amines) is 1. The SMILES string of the molecule is CN(CCN1CCCC1)S(=O)(=O)c1cccnc1CN. The lowest BCUT2D eigenvalue weighted by atomic mass is 10.3. The topological polar surface area (TPSA) is 79.5 Å². The molecule has 2 heterocycles. The molecule has 0 spiro atoms. The van der Waals surface area contributed by atoms with Crippen molar-refractivity contribution in [3.63, 3.8) is 0 Å². The molecular weight excluding hydrogens is 276 g/mol. The maximum Gasteiger partial charge on any atom is 0.244 e. The Labute approximate surface area is 120 Å². The molecule has 1 aliphatic rings. The van der Waals surface area contributed by atoms with E-state index in [2.05, 4.69) is 9.88 Å². The van der Waals surface area contributed by atoms with Gasteiger partial charge in [0.2, 0.25) is 10.0 Å². The fourth-order valence-electron chi connectivity index (χ4n) is 2.39. The van der Waals surface area contributed by atoms with Gasteiger partial charge in [-0.1, -0.05) is 0 Å². The molecule has 2 rings (SSSR count). The van der Waals surface area contributed by atoms with Gasteiger partial charge in [-0.05, 0) is 38.1 Å². The molecule has 0 aliphatic carbocycles. The first-order valence-electron chi connectivity index (χ1n) is 6.88. The van der Waals surface area contributed by atoms with Crippen LogP contribution in [0.4, 0.5) is 0 Å². The van der Waals surface area contributed by atoms with Crippen LogP contribution in [0.25, 0.3) is 0 Å². The maximum absolute atomic E-state index is 12.5. The number of rotatable bonds is 6. The lowest BCUT2D eigenvalue weighted by Crippen LogP contribution is -2.35. The summed E-state index contributed by atoms with van der Waals surface area (Å²) in [7, 11) is -1.90. The van der Waals surface area contributed by atoms with Crippen LogP contribution in [0.3, 0.4) is 0 Å². The molecule has 1 aromatic rings. The monoisotopic (exact) mass is 298 g/mol. The van der Waals surface area contributed by atoms with E-state index < -0.39 is 10.0 Å². The van der Waals surface area contributed by atoms with E-state index in [4.69, 9.17) is 5.73 Å². The van der Waals surface area contributed by atoms with Crippen LogP contribution in [0.15, 0.2) is 23.2 Å². The molecule has 2 N–H and O–H groups in total. The third kappa shape index (κ3) is 3.35. The zero-order valence-electron chi connectivity index (χ0n) is 11.8. The first-order valence-corrected chi connectivity index (χ1v) is 8.32. The third-order valence-corrected chi connectivity index (χ3v) is 5.59. The summed E-state index contributed by atoms with van der Waals surface area (Å²) in [6.45, 7) is 3.51. The van der Waals surface area contributed by atoms with Crippen LogP contribution in [0.1, 0.15) is 18.5 Å². The number of hydrogen-bond acceptors (Lipinski definition) is 5. The number of hydrogen-bond donors (Lipinski definition) is 1. The van der Waals surface area contributed by atoms with E-state index in [1.807, 2.05) is 0 Å². The highest BCUT2D eigenvalue weighted by molar-refractivity contribution is 7.89. The van der Waals surface area contributed by atoms with Crippen molar-refractivity contribution >= 4 is 10.0 Å². The Morgan fingerprint density at radius 3 is 2.75 bits per heavy atom. The standard InChI is InChI=1S/C13H22N4O2S/c1-16(9-10-17-7-2-3-8-17)20(18,19)13-5-4-6-15-12(13)11-14/h4-6H,2-3,7-11,14H2,1H3. The Morgan fingerprint density at radius 1 is 1.40 bits per heavy atom. The normalized spacial score (nSPS) is 16.9. The molecule has 0 radical (unpaired) electrons. The molecule has 0 aromatic carbocycles. The summed E-state index contributed by atoms with van der Waals surface area (Å²) >= 11 is 0. The van der Waals surface area contributed by atoms with Gasteiger partial charge < -0.3 is 10.6 Å². The van der Waals surface area contributed by atoms with Crippen molar-refractivity contribution < 1.29 is 8.42 Å². The quantitative estimate of drug-likeness (QED) is 0.815. The van der Waals surface area contributed by atoms with Crippen molar-refractivity contribution in [3.8, 4) is 0 Å². The largest absolute Gasteiger partial charge is 0.325 e. The fraction of sp³-hybridized carbons (Fsp3) is 0.615. The van der Waals surface area contributed by atoms with Gasteiger partial charge in [0, 0.05) is 32.9 Å². The molecule has 1 aromatic heterocycles. The van der Waals surface area contributed by atoms with Crippen molar-refractivity contribution in [2.24, 2.45) is 5.73 Å². The second-order valence-electron chi connectivity index (χ2n) is 5.03. The Kier molecular flexibility index (Phi) is 5.09. The molecular formula is C13H22N4O2S. The van der Waals surface area contributed by atoms with Crippen molar-refractivity contribution in [3.05, 3.63) is 24.0 Å². The molecule has 1 saturated heterocycles. The summed E-state index contributed by atoms with van der Waals surface area (Å²) in [4.78, 5) is 6.55. The fourth-order valence-corrected chi connectivity index (χ4v) is 3.73. The number of sulfonamides is 1. The predicted molar refractivity (Wildman–Crippen MR) is 77.6 cm³/mol. The molecule has 0 bridgehead atoms. The van der Waals surface area contributed by atoms with E-state index in [1.165, 1.54) is 17.1 Å². The van der Waals surface area contributed by atoms with Gasteiger partial charge in [0.1, 0.15) is 4.90 Å². The molecule has 6 nitrogen and oxygen atoms in total. The first kappa shape index (κ1) is 15.4. The Hall–Kier alpha value is -1.02. The van der Waals surface area contributed by atoms with E-state index in [-0.39, 0.29) is 11.4 Å². The molecule has 0 atom stereocenters. The van der Waals surface area contributed by atoms with Crippen LogP contribution in [-0.4, -0.2) is 55.8 Å². The predicted octanol–water partition coefficient (Wildman–Crippen LogP) is 0.257. The van der Waals surface area contributed by atoms with Gasteiger partial charge in [-0.3, -0.25) is 4.98 Å². The zero-order chi connectivity index (χ0) is 14.6. The minimum absolute atomic E-state index is 0.120. The first-order chi connectivity index (χ1) is 9.55. The lowest BCUT2D eigenvalue weighted by molar-refractivity contribution is 0.310. The van der Waals surface area contributed by atoms with Gasteiger partial charge >= 0.3 is 0 Å². The lowest BCUT2D eigenvalue weighted by Gasteiger charge is -2.22. The van der Waals surface area contributed by atoms with Crippen LogP contribution < -0.4 is 5.73 Å². The summed E-state index contributed by atoms with van der Waals surface area (Å²) in [5.41, 5.74) is 5.98. The maximum atomic E-state index is 12.5. The van der Waals surface area contributed by atoms with Gasteiger partial charge in [0.15, 0.2) is 0 Å². The average Bonchev–Trinajstić information content (AvgIpc) is 2.97. The molecule has 0 saturated carbocycles. The van der Waals surface area contributed by atoms with Gasteiger partial charge in [-0.2, -0.15) is 4.31 Å². The average molecular weight is 298 g/mol. The van der Waals surface area contributed by atoms with Crippen LogP contribution in [0.2, 0.25) is 0 Å². The molecule has 0 amide bonds. The highest BCUT2D eigenvalue weighted by atomic mass is 32.2. The van der Waals surface area contributed by atoms with Crippen LogP contribution in [0.5, 0.6) is 0 Å². The van der Waals surface area contributed by atoms with Crippen molar-refractivity contribution in [2.45, 2.75) is 24.3 Å². The third-order valence-electron chi connectivity index (χ3n) is 3.66. The van der Waals surface area contributed by atoms with E-state index in [0.29, 0.717) is 12.2 Å². The molecule has 1 fully saturated rings. The summed E-state index contributed by atoms with van der Waals surface area (Å²) < 4.78 is 26.4. The zero-order valence-corrected chi connectivity index (χ0v) is 12.6. The summed E-state index contributed by atoms with van der Waals surface area (Å²) in [5, 5.41) is 0. The van der Waals surface area contributed by atoms with E-state index in [0.717, 1.165) is 19.6 Å². The number of aromatic nitrogens is 1. The molecule has 20 heavy (non-hydrogen) atoms. The summed E-state index contributed by atoms with van der Waals surface area (Å²) in [5.74, 6) is 0. The Balaban J connectivity index is 2.08. The Morgan fingerprint density at radius 2 is 2.10 bits per heavy atom. The minimum atomic E-state index is -3.51. The highest BCUT2D eigenvalue weighted by Gasteiger charge is 2.24. The van der Waals surface area contributed by atoms with E-state index >= 15 is 0 Å². The minimum Gasteiger partial charge on any atom is -0.325 e. The molecule has 1 aliphatic heterocycles. The van der Waals surface area contributed by atoms with Gasteiger partial charge in [0.25, 0.3) is 0 Å². The molecule has 7 heteroatoms. The second kappa shape index (κ2) is 6.62. The highest BCUT2D eigenvalue weighted by Crippen LogP contribution is 2.17. The number of pyridine rings is 1. The summed E-state index contributed by atoms with van der Waals surface area (Å²) in [6, 6.07) is 3.19. The number of likely N-dealkylation sites (N-methyl/N-ethyl adjacent to an activating group) is 1. The van der Waals surface area contributed by atoms with Gasteiger partial charge in [-0.25, -0.2) is 8.42 Å². The van der Waals surface area contributed by atoms with Gasteiger partial charge in [0.05, 0.1) is 5.69 Å². The second-order valence-corrected chi connectivity index (χ2v) is 7.04. The van der Waals surface area contributed by atoms with E-state index in [1.54, 1.807) is 25.4 Å². The van der Waals surface area contributed by atoms with Crippen molar-refractivity contribution in [1.29, 1.82) is 0 Å². The van der Waals surface area contributed by atoms with Crippen LogP contribution in [-0.2, 0) is 16.6 Å².